The van der Waals surface area contributed by atoms with E-state index in [1.165, 1.54) is 0 Å². The Morgan fingerprint density at radius 1 is 1.07 bits per heavy atom. The van der Waals surface area contributed by atoms with E-state index >= 15 is 0 Å². The predicted octanol–water partition coefficient (Wildman–Crippen LogP) is 3.41. The average Bonchev–Trinajstić information content (AvgIpc) is 2.22. The smallest absolute Gasteiger partial charge is 0.107 e. The molecule has 0 fully saturated rings. The molecule has 0 bridgehead atoms. The van der Waals surface area contributed by atoms with Crippen molar-refractivity contribution in [2.75, 3.05) is 0 Å². The number of pyridine rings is 2. The highest BCUT2D eigenvalue weighted by molar-refractivity contribution is 6.33. The second kappa shape index (κ2) is 3.99. The molecule has 15 heavy (non-hydrogen) atoms. The van der Waals surface area contributed by atoms with Gasteiger partial charge in [-0.05, 0) is 43.2 Å². The molecule has 0 saturated carbocycles. The molecule has 0 radical (unpaired) electrons. The van der Waals surface area contributed by atoms with Crippen molar-refractivity contribution in [2.24, 2.45) is 0 Å². The van der Waals surface area contributed by atoms with Crippen molar-refractivity contribution in [2.45, 2.75) is 13.8 Å². The van der Waals surface area contributed by atoms with Gasteiger partial charge in [-0.3, -0.25) is 9.97 Å². The van der Waals surface area contributed by atoms with Crippen molar-refractivity contribution >= 4 is 11.6 Å². The first-order chi connectivity index (χ1) is 7.18. The van der Waals surface area contributed by atoms with E-state index in [1.807, 2.05) is 32.0 Å². The number of halogens is 1. The molecule has 0 unspecified atom stereocenters. The molecule has 2 aromatic heterocycles. The first-order valence-corrected chi connectivity index (χ1v) is 5.10. The Bertz CT molecular complexity index is 495. The summed E-state index contributed by atoms with van der Waals surface area (Å²) in [5.41, 5.74) is 3.74. The summed E-state index contributed by atoms with van der Waals surface area (Å²) in [7, 11) is 0. The van der Waals surface area contributed by atoms with Crippen LogP contribution in [0.1, 0.15) is 11.1 Å². The third kappa shape index (κ3) is 2.00. The molecule has 0 spiro atoms. The average molecular weight is 219 g/mol. The van der Waals surface area contributed by atoms with Crippen molar-refractivity contribution in [3.63, 3.8) is 0 Å². The maximum atomic E-state index is 6.18. The minimum Gasteiger partial charge on any atom is -0.255 e. The van der Waals surface area contributed by atoms with Gasteiger partial charge in [-0.2, -0.15) is 0 Å². The highest BCUT2D eigenvalue weighted by atomic mass is 35.5. The van der Waals surface area contributed by atoms with E-state index in [1.54, 1.807) is 12.4 Å². The lowest BCUT2D eigenvalue weighted by atomic mass is 10.1. The fourth-order valence-corrected chi connectivity index (χ4v) is 1.59. The number of rotatable bonds is 1. The van der Waals surface area contributed by atoms with Crippen molar-refractivity contribution < 1.29 is 0 Å². The van der Waals surface area contributed by atoms with E-state index in [2.05, 4.69) is 9.97 Å². The van der Waals surface area contributed by atoms with E-state index in [-0.39, 0.29) is 0 Å². The molecule has 76 valence electrons. The van der Waals surface area contributed by atoms with Gasteiger partial charge in [0, 0.05) is 12.4 Å². The van der Waals surface area contributed by atoms with Crippen LogP contribution in [0.4, 0.5) is 0 Å². The van der Waals surface area contributed by atoms with Gasteiger partial charge in [0.15, 0.2) is 0 Å². The lowest BCUT2D eigenvalue weighted by Gasteiger charge is -2.05. The van der Waals surface area contributed by atoms with Crippen LogP contribution >= 0.6 is 11.6 Å². The molecular weight excluding hydrogens is 208 g/mol. The monoisotopic (exact) mass is 218 g/mol. The van der Waals surface area contributed by atoms with Gasteiger partial charge >= 0.3 is 0 Å². The van der Waals surface area contributed by atoms with Crippen LogP contribution in [-0.2, 0) is 0 Å². The number of hydrogen-bond acceptors (Lipinski definition) is 2. The molecular formula is C12H11ClN2. The van der Waals surface area contributed by atoms with E-state index in [9.17, 15) is 0 Å². The Balaban J connectivity index is 2.59. The van der Waals surface area contributed by atoms with Crippen LogP contribution in [0, 0.1) is 13.8 Å². The zero-order valence-electron chi connectivity index (χ0n) is 8.66. The normalized spacial score (nSPS) is 10.3. The number of hydrogen-bond donors (Lipinski definition) is 0. The second-order valence-electron chi connectivity index (χ2n) is 3.51. The van der Waals surface area contributed by atoms with E-state index in [0.717, 1.165) is 22.5 Å². The zero-order chi connectivity index (χ0) is 10.8. The lowest BCUT2D eigenvalue weighted by molar-refractivity contribution is 1.21. The molecule has 0 aromatic carbocycles. The standard InChI is InChI=1S/C12H11ClN2/c1-8-3-5-14-10(7-8)12-11(13)9(2)4-6-15-12/h3-7H,1-2H3. The summed E-state index contributed by atoms with van der Waals surface area (Å²) in [6.45, 7) is 3.98. The first-order valence-electron chi connectivity index (χ1n) is 4.72. The quantitative estimate of drug-likeness (QED) is 0.733. The molecule has 0 aliphatic carbocycles. The zero-order valence-corrected chi connectivity index (χ0v) is 9.42. The van der Waals surface area contributed by atoms with Crippen LogP contribution in [0.5, 0.6) is 0 Å². The van der Waals surface area contributed by atoms with Crippen molar-refractivity contribution in [1.82, 2.24) is 9.97 Å². The third-order valence-corrected chi connectivity index (χ3v) is 2.72. The lowest BCUT2D eigenvalue weighted by Crippen LogP contribution is -1.90. The molecule has 0 N–H and O–H groups in total. The number of aryl methyl sites for hydroxylation is 2. The van der Waals surface area contributed by atoms with E-state index in [4.69, 9.17) is 11.6 Å². The summed E-state index contributed by atoms with van der Waals surface area (Å²) in [6, 6.07) is 5.82. The Hall–Kier alpha value is -1.41. The Morgan fingerprint density at radius 2 is 1.80 bits per heavy atom. The summed E-state index contributed by atoms with van der Waals surface area (Å²) in [5.74, 6) is 0. The first kappa shape index (κ1) is 10.1. The Labute approximate surface area is 94.0 Å². The van der Waals surface area contributed by atoms with Crippen LogP contribution < -0.4 is 0 Å². The van der Waals surface area contributed by atoms with Crippen LogP contribution in [-0.4, -0.2) is 9.97 Å². The highest BCUT2D eigenvalue weighted by Crippen LogP contribution is 2.26. The summed E-state index contributed by atoms with van der Waals surface area (Å²) in [6.07, 6.45) is 3.52. The predicted molar refractivity (Wildman–Crippen MR) is 62.0 cm³/mol. The van der Waals surface area contributed by atoms with Crippen molar-refractivity contribution in [3.05, 3.63) is 46.7 Å². The molecule has 0 atom stereocenters. The summed E-state index contributed by atoms with van der Waals surface area (Å²) >= 11 is 6.18. The van der Waals surface area contributed by atoms with Gasteiger partial charge in [-0.1, -0.05) is 11.6 Å². The Kier molecular flexibility index (Phi) is 2.69. The summed E-state index contributed by atoms with van der Waals surface area (Å²) in [5, 5.41) is 0.676. The fraction of sp³-hybridized carbons (Fsp3) is 0.167. The minimum absolute atomic E-state index is 0.676. The Morgan fingerprint density at radius 3 is 2.53 bits per heavy atom. The molecule has 2 heterocycles. The third-order valence-electron chi connectivity index (χ3n) is 2.24. The molecule has 0 aliphatic rings. The molecule has 0 amide bonds. The second-order valence-corrected chi connectivity index (χ2v) is 3.89. The van der Waals surface area contributed by atoms with Crippen LogP contribution in [0.2, 0.25) is 5.02 Å². The van der Waals surface area contributed by atoms with Crippen molar-refractivity contribution in [1.29, 1.82) is 0 Å². The topological polar surface area (TPSA) is 25.8 Å². The molecule has 2 aromatic rings. The van der Waals surface area contributed by atoms with Crippen LogP contribution in [0.25, 0.3) is 11.4 Å². The largest absolute Gasteiger partial charge is 0.255 e. The van der Waals surface area contributed by atoms with Crippen molar-refractivity contribution in [3.8, 4) is 11.4 Å². The van der Waals surface area contributed by atoms with Gasteiger partial charge in [0.05, 0.1) is 10.7 Å². The van der Waals surface area contributed by atoms with Crippen LogP contribution in [0.15, 0.2) is 30.6 Å². The maximum absolute atomic E-state index is 6.18. The molecule has 2 nitrogen and oxygen atoms in total. The van der Waals surface area contributed by atoms with Crippen LogP contribution in [0.3, 0.4) is 0 Å². The minimum atomic E-state index is 0.676. The van der Waals surface area contributed by atoms with Gasteiger partial charge in [0.25, 0.3) is 0 Å². The molecule has 0 aliphatic heterocycles. The maximum Gasteiger partial charge on any atom is 0.107 e. The fourth-order valence-electron chi connectivity index (χ4n) is 1.38. The highest BCUT2D eigenvalue weighted by Gasteiger charge is 2.07. The molecule has 3 heteroatoms. The summed E-state index contributed by atoms with van der Waals surface area (Å²) < 4.78 is 0. The van der Waals surface area contributed by atoms with Gasteiger partial charge in [0.1, 0.15) is 5.69 Å². The molecule has 0 saturated heterocycles. The van der Waals surface area contributed by atoms with Gasteiger partial charge in [-0.25, -0.2) is 0 Å². The number of aromatic nitrogens is 2. The number of nitrogens with zero attached hydrogens (tertiary/aromatic N) is 2. The van der Waals surface area contributed by atoms with Gasteiger partial charge < -0.3 is 0 Å². The molecule has 2 rings (SSSR count). The van der Waals surface area contributed by atoms with Gasteiger partial charge in [0.2, 0.25) is 0 Å². The SMILES string of the molecule is Cc1ccnc(-c2nccc(C)c2Cl)c1. The van der Waals surface area contributed by atoms with E-state index in [0.29, 0.717) is 5.02 Å². The van der Waals surface area contributed by atoms with E-state index < -0.39 is 0 Å². The summed E-state index contributed by atoms with van der Waals surface area (Å²) in [4.78, 5) is 8.52. The van der Waals surface area contributed by atoms with Gasteiger partial charge in [-0.15, -0.1) is 0 Å².